The third-order valence-corrected chi connectivity index (χ3v) is 3.75. The highest BCUT2D eigenvalue weighted by atomic mass is 19.3. The van der Waals surface area contributed by atoms with Crippen molar-refractivity contribution in [2.75, 3.05) is 13.1 Å². The topological polar surface area (TPSA) is 78.9 Å². The maximum atomic E-state index is 12.3. The Balaban J connectivity index is 1.87. The van der Waals surface area contributed by atoms with E-state index >= 15 is 0 Å². The molecule has 2 N–H and O–H groups in total. The summed E-state index contributed by atoms with van der Waals surface area (Å²) in [6.45, 7) is -2.15. The Kier molecular flexibility index (Phi) is 5.72. The number of likely N-dealkylation sites (tertiary alicyclic amines) is 1. The first-order valence-corrected chi connectivity index (χ1v) is 7.25. The summed E-state index contributed by atoms with van der Waals surface area (Å²) in [4.78, 5) is 24.5. The number of nitrogens with one attached hydrogen (secondary N) is 1. The molecule has 1 fully saturated rings. The first kappa shape index (κ1) is 17.0. The van der Waals surface area contributed by atoms with Crippen LogP contribution in [0.5, 0.6) is 5.75 Å². The average molecular weight is 328 g/mol. The summed E-state index contributed by atoms with van der Waals surface area (Å²) in [5.41, 5.74) is 0.446. The molecule has 0 atom stereocenters. The molecule has 1 saturated heterocycles. The third-order valence-electron chi connectivity index (χ3n) is 3.75. The van der Waals surface area contributed by atoms with Crippen molar-refractivity contribution >= 4 is 12.0 Å². The summed E-state index contributed by atoms with van der Waals surface area (Å²) in [6.07, 6.45) is 0.821. The Morgan fingerprint density at radius 1 is 1.30 bits per heavy atom. The Labute approximate surface area is 132 Å². The predicted octanol–water partition coefficient (Wildman–Crippen LogP) is 2.29. The quantitative estimate of drug-likeness (QED) is 0.869. The molecule has 0 bridgehead atoms. The maximum absolute atomic E-state index is 12.3. The number of carboxylic acids is 1. The molecular formula is C15H18F2N2O4. The molecule has 0 radical (unpaired) electrons. The van der Waals surface area contributed by atoms with Crippen molar-refractivity contribution < 1.29 is 28.2 Å². The minimum absolute atomic E-state index is 0.0207. The van der Waals surface area contributed by atoms with Crippen LogP contribution in [0.4, 0.5) is 13.6 Å². The van der Waals surface area contributed by atoms with Crippen LogP contribution in [0.25, 0.3) is 0 Å². The lowest BCUT2D eigenvalue weighted by Crippen LogP contribution is -2.45. The molecule has 1 aliphatic heterocycles. The number of urea groups is 1. The number of piperidine rings is 1. The molecule has 1 aromatic carbocycles. The number of aliphatic carboxylic acids is 1. The molecule has 2 amide bonds. The number of alkyl halides is 2. The van der Waals surface area contributed by atoms with E-state index in [2.05, 4.69) is 10.1 Å². The first-order valence-electron chi connectivity index (χ1n) is 7.25. The van der Waals surface area contributed by atoms with E-state index in [1.54, 1.807) is 18.2 Å². The Bertz CT molecular complexity index is 560. The Hall–Kier alpha value is -2.38. The van der Waals surface area contributed by atoms with Gasteiger partial charge in [-0.1, -0.05) is 18.2 Å². The highest BCUT2D eigenvalue weighted by Crippen LogP contribution is 2.21. The van der Waals surface area contributed by atoms with Crippen LogP contribution < -0.4 is 10.1 Å². The summed E-state index contributed by atoms with van der Waals surface area (Å²) in [5.74, 6) is -1.24. The van der Waals surface area contributed by atoms with E-state index < -0.39 is 18.5 Å². The van der Waals surface area contributed by atoms with Gasteiger partial charge in [0.15, 0.2) is 0 Å². The van der Waals surface area contributed by atoms with E-state index in [0.29, 0.717) is 31.5 Å². The fraction of sp³-hybridized carbons (Fsp3) is 0.467. The molecule has 126 valence electrons. The van der Waals surface area contributed by atoms with Gasteiger partial charge in [0.05, 0.1) is 5.92 Å². The number of carboxylic acid groups (broad SMARTS) is 1. The van der Waals surface area contributed by atoms with E-state index in [4.69, 9.17) is 5.11 Å². The van der Waals surface area contributed by atoms with E-state index in [-0.39, 0.29) is 18.3 Å². The lowest BCUT2D eigenvalue weighted by molar-refractivity contribution is -0.143. The Morgan fingerprint density at radius 2 is 1.96 bits per heavy atom. The molecule has 2 rings (SSSR count). The van der Waals surface area contributed by atoms with Gasteiger partial charge in [0, 0.05) is 25.2 Å². The number of amides is 2. The lowest BCUT2D eigenvalue weighted by atomic mass is 9.97. The van der Waals surface area contributed by atoms with Crippen LogP contribution in [0.3, 0.4) is 0 Å². The summed E-state index contributed by atoms with van der Waals surface area (Å²) in [6, 6.07) is 5.89. The zero-order chi connectivity index (χ0) is 16.8. The van der Waals surface area contributed by atoms with Gasteiger partial charge in [-0.25, -0.2) is 4.79 Å². The van der Waals surface area contributed by atoms with Crippen molar-refractivity contribution in [3.05, 3.63) is 29.8 Å². The standard InChI is InChI=1S/C15H18F2N2O4/c16-14(17)23-12-4-2-1-3-11(12)9-18-15(22)19-7-5-10(6-8-19)13(20)21/h1-4,10,14H,5-9H2,(H,18,22)(H,20,21). The predicted molar refractivity (Wildman–Crippen MR) is 77.2 cm³/mol. The van der Waals surface area contributed by atoms with E-state index in [1.807, 2.05) is 0 Å². The van der Waals surface area contributed by atoms with Crippen molar-refractivity contribution in [1.29, 1.82) is 0 Å². The van der Waals surface area contributed by atoms with Crippen LogP contribution >= 0.6 is 0 Å². The second-order valence-corrected chi connectivity index (χ2v) is 5.24. The van der Waals surface area contributed by atoms with Gasteiger partial charge >= 0.3 is 18.6 Å². The molecule has 1 heterocycles. The molecule has 0 unspecified atom stereocenters. The molecule has 6 nitrogen and oxygen atoms in total. The Morgan fingerprint density at radius 3 is 2.57 bits per heavy atom. The van der Waals surface area contributed by atoms with Crippen molar-refractivity contribution in [3.63, 3.8) is 0 Å². The molecule has 1 aliphatic rings. The SMILES string of the molecule is O=C(O)C1CCN(C(=O)NCc2ccccc2OC(F)F)CC1. The minimum atomic E-state index is -2.93. The zero-order valence-corrected chi connectivity index (χ0v) is 12.4. The van der Waals surface area contributed by atoms with Crippen LogP contribution in [0.2, 0.25) is 0 Å². The molecule has 0 aromatic heterocycles. The molecule has 23 heavy (non-hydrogen) atoms. The van der Waals surface area contributed by atoms with Crippen molar-refractivity contribution in [3.8, 4) is 5.75 Å². The number of ether oxygens (including phenoxy) is 1. The highest BCUT2D eigenvalue weighted by Gasteiger charge is 2.26. The van der Waals surface area contributed by atoms with Gasteiger partial charge in [-0.3, -0.25) is 4.79 Å². The van der Waals surface area contributed by atoms with Gasteiger partial charge in [-0.15, -0.1) is 0 Å². The van der Waals surface area contributed by atoms with Gasteiger partial charge in [-0.05, 0) is 18.9 Å². The third kappa shape index (κ3) is 4.80. The summed E-state index contributed by atoms with van der Waals surface area (Å²) in [7, 11) is 0. The smallest absolute Gasteiger partial charge is 0.387 e. The summed E-state index contributed by atoms with van der Waals surface area (Å²) in [5, 5.41) is 11.6. The fourth-order valence-electron chi connectivity index (χ4n) is 2.47. The summed E-state index contributed by atoms with van der Waals surface area (Å²) >= 11 is 0. The second-order valence-electron chi connectivity index (χ2n) is 5.24. The number of para-hydroxylation sites is 1. The fourth-order valence-corrected chi connectivity index (χ4v) is 2.47. The monoisotopic (exact) mass is 328 g/mol. The number of hydrogen-bond acceptors (Lipinski definition) is 3. The van der Waals surface area contributed by atoms with Crippen LogP contribution in [0.1, 0.15) is 18.4 Å². The van der Waals surface area contributed by atoms with Crippen LogP contribution in [0, 0.1) is 5.92 Å². The molecule has 0 saturated carbocycles. The van der Waals surface area contributed by atoms with Crippen LogP contribution in [0.15, 0.2) is 24.3 Å². The molecular weight excluding hydrogens is 310 g/mol. The van der Waals surface area contributed by atoms with E-state index in [0.717, 1.165) is 0 Å². The number of carbonyl (C=O) groups excluding carboxylic acids is 1. The zero-order valence-electron chi connectivity index (χ0n) is 12.4. The molecule has 0 aliphatic carbocycles. The van der Waals surface area contributed by atoms with Gasteiger partial charge in [0.2, 0.25) is 0 Å². The van der Waals surface area contributed by atoms with Gasteiger partial charge < -0.3 is 20.1 Å². The van der Waals surface area contributed by atoms with E-state index in [1.165, 1.54) is 11.0 Å². The largest absolute Gasteiger partial charge is 0.481 e. The molecule has 0 spiro atoms. The average Bonchev–Trinajstić information content (AvgIpc) is 2.53. The van der Waals surface area contributed by atoms with Crippen molar-refractivity contribution in [2.24, 2.45) is 5.92 Å². The number of carbonyl (C=O) groups is 2. The van der Waals surface area contributed by atoms with Crippen molar-refractivity contribution in [2.45, 2.75) is 26.0 Å². The second kappa shape index (κ2) is 7.75. The normalized spacial score (nSPS) is 15.5. The number of halogens is 2. The summed E-state index contributed by atoms with van der Waals surface area (Å²) < 4.78 is 29.1. The number of nitrogens with zero attached hydrogens (tertiary/aromatic N) is 1. The maximum Gasteiger partial charge on any atom is 0.387 e. The first-order chi connectivity index (χ1) is 11.0. The molecule has 8 heteroatoms. The van der Waals surface area contributed by atoms with E-state index in [9.17, 15) is 18.4 Å². The number of rotatable bonds is 5. The van der Waals surface area contributed by atoms with Crippen LogP contribution in [-0.2, 0) is 11.3 Å². The van der Waals surface area contributed by atoms with Crippen LogP contribution in [-0.4, -0.2) is 41.7 Å². The number of hydrogen-bond donors (Lipinski definition) is 2. The lowest BCUT2D eigenvalue weighted by Gasteiger charge is -2.30. The van der Waals surface area contributed by atoms with Crippen molar-refractivity contribution in [1.82, 2.24) is 10.2 Å². The number of benzene rings is 1. The van der Waals surface area contributed by atoms with Gasteiger partial charge in [-0.2, -0.15) is 8.78 Å². The highest BCUT2D eigenvalue weighted by molar-refractivity contribution is 5.75. The van der Waals surface area contributed by atoms with Gasteiger partial charge in [0.25, 0.3) is 0 Å². The van der Waals surface area contributed by atoms with Gasteiger partial charge in [0.1, 0.15) is 5.75 Å². The minimum Gasteiger partial charge on any atom is -0.481 e. The molecule has 1 aromatic rings.